The lowest BCUT2D eigenvalue weighted by molar-refractivity contribution is 0.111. The van der Waals surface area contributed by atoms with Gasteiger partial charge in [0.25, 0.3) is 0 Å². The first-order chi connectivity index (χ1) is 7.31. The second-order valence-corrected chi connectivity index (χ2v) is 3.59. The molecule has 2 aromatic rings. The standard InChI is InChI=1S/C13H13NO/c1-14-12(7-8-13(14)10-15)9-11-5-3-2-4-6-11/h2-8,10H,9H2,1H3. The van der Waals surface area contributed by atoms with Crippen LogP contribution in [0.2, 0.25) is 0 Å². The molecule has 2 nitrogen and oxygen atoms in total. The van der Waals surface area contributed by atoms with Gasteiger partial charge in [0.1, 0.15) is 0 Å². The number of aldehydes is 1. The summed E-state index contributed by atoms with van der Waals surface area (Å²) in [7, 11) is 1.92. The molecule has 1 heterocycles. The molecule has 76 valence electrons. The van der Waals surface area contributed by atoms with Crippen LogP contribution < -0.4 is 0 Å². The predicted molar refractivity (Wildman–Crippen MR) is 60.0 cm³/mol. The van der Waals surface area contributed by atoms with Crippen LogP contribution in [0.4, 0.5) is 0 Å². The van der Waals surface area contributed by atoms with Crippen LogP contribution in [0.15, 0.2) is 42.5 Å². The van der Waals surface area contributed by atoms with Gasteiger partial charge in [0.2, 0.25) is 0 Å². The minimum Gasteiger partial charge on any atom is -0.345 e. The van der Waals surface area contributed by atoms with Crippen LogP contribution in [0, 0.1) is 0 Å². The monoisotopic (exact) mass is 199 g/mol. The lowest BCUT2D eigenvalue weighted by atomic mass is 10.1. The van der Waals surface area contributed by atoms with Gasteiger partial charge in [-0.2, -0.15) is 0 Å². The van der Waals surface area contributed by atoms with Crippen LogP contribution in [-0.2, 0) is 13.5 Å². The Bertz CT molecular complexity index is 457. The van der Waals surface area contributed by atoms with Gasteiger partial charge in [-0.3, -0.25) is 4.79 Å². The zero-order valence-corrected chi connectivity index (χ0v) is 8.68. The summed E-state index contributed by atoms with van der Waals surface area (Å²) in [6.07, 6.45) is 1.75. The van der Waals surface area contributed by atoms with E-state index in [2.05, 4.69) is 12.1 Å². The van der Waals surface area contributed by atoms with Crippen LogP contribution in [0.1, 0.15) is 21.7 Å². The molecular formula is C13H13NO. The van der Waals surface area contributed by atoms with Crippen LogP contribution in [-0.4, -0.2) is 10.9 Å². The smallest absolute Gasteiger partial charge is 0.166 e. The summed E-state index contributed by atoms with van der Waals surface area (Å²) < 4.78 is 1.93. The summed E-state index contributed by atoms with van der Waals surface area (Å²) in [6, 6.07) is 14.1. The number of rotatable bonds is 3. The van der Waals surface area contributed by atoms with Crippen molar-refractivity contribution in [1.29, 1.82) is 0 Å². The summed E-state index contributed by atoms with van der Waals surface area (Å²) in [4.78, 5) is 10.7. The third kappa shape index (κ3) is 1.99. The van der Waals surface area contributed by atoms with Crippen LogP contribution in [0.5, 0.6) is 0 Å². The van der Waals surface area contributed by atoms with E-state index in [-0.39, 0.29) is 0 Å². The molecule has 0 N–H and O–H groups in total. The average Bonchev–Trinajstić information content (AvgIpc) is 2.62. The SMILES string of the molecule is Cn1c(C=O)ccc1Cc1ccccc1. The largest absolute Gasteiger partial charge is 0.345 e. The van der Waals surface area contributed by atoms with Crippen molar-refractivity contribution in [3.8, 4) is 0 Å². The topological polar surface area (TPSA) is 22.0 Å². The van der Waals surface area contributed by atoms with Crippen molar-refractivity contribution >= 4 is 6.29 Å². The Morgan fingerprint density at radius 2 is 1.87 bits per heavy atom. The molecule has 0 amide bonds. The maximum absolute atomic E-state index is 10.7. The van der Waals surface area contributed by atoms with Crippen molar-refractivity contribution in [3.63, 3.8) is 0 Å². The molecule has 0 saturated carbocycles. The zero-order chi connectivity index (χ0) is 10.7. The van der Waals surface area contributed by atoms with Gasteiger partial charge in [0.15, 0.2) is 6.29 Å². The number of benzene rings is 1. The normalized spacial score (nSPS) is 10.2. The van der Waals surface area contributed by atoms with E-state index in [1.54, 1.807) is 0 Å². The molecule has 0 fully saturated rings. The number of nitrogens with zero attached hydrogens (tertiary/aromatic N) is 1. The van der Waals surface area contributed by atoms with Crippen molar-refractivity contribution in [3.05, 3.63) is 59.4 Å². The van der Waals surface area contributed by atoms with Gasteiger partial charge in [-0.1, -0.05) is 30.3 Å². The summed E-state index contributed by atoms with van der Waals surface area (Å²) >= 11 is 0. The first kappa shape index (κ1) is 9.71. The molecule has 0 unspecified atom stereocenters. The molecule has 1 aromatic heterocycles. The molecular weight excluding hydrogens is 186 g/mol. The van der Waals surface area contributed by atoms with Gasteiger partial charge in [0, 0.05) is 19.2 Å². The second kappa shape index (κ2) is 4.13. The van der Waals surface area contributed by atoms with Gasteiger partial charge < -0.3 is 4.57 Å². The third-order valence-electron chi connectivity index (χ3n) is 2.61. The highest BCUT2D eigenvalue weighted by Crippen LogP contribution is 2.11. The molecule has 0 aliphatic rings. The summed E-state index contributed by atoms with van der Waals surface area (Å²) in [5, 5.41) is 0. The number of carbonyl (C=O) groups is 1. The van der Waals surface area contributed by atoms with Crippen LogP contribution in [0.3, 0.4) is 0 Å². The summed E-state index contributed by atoms with van der Waals surface area (Å²) in [5.41, 5.74) is 3.14. The maximum Gasteiger partial charge on any atom is 0.166 e. The second-order valence-electron chi connectivity index (χ2n) is 3.59. The van der Waals surface area contributed by atoms with Gasteiger partial charge in [-0.15, -0.1) is 0 Å². The van der Waals surface area contributed by atoms with E-state index < -0.39 is 0 Å². The molecule has 0 aliphatic carbocycles. The Labute approximate surface area is 89.2 Å². The Hall–Kier alpha value is -1.83. The van der Waals surface area contributed by atoms with E-state index in [0.717, 1.165) is 24.1 Å². The zero-order valence-electron chi connectivity index (χ0n) is 8.68. The van der Waals surface area contributed by atoms with Crippen molar-refractivity contribution in [2.45, 2.75) is 6.42 Å². The molecule has 0 spiro atoms. The van der Waals surface area contributed by atoms with Gasteiger partial charge in [0.05, 0.1) is 5.69 Å². The highest BCUT2D eigenvalue weighted by atomic mass is 16.1. The lowest BCUT2D eigenvalue weighted by Gasteiger charge is -2.04. The first-order valence-electron chi connectivity index (χ1n) is 4.95. The number of hydrogen-bond acceptors (Lipinski definition) is 1. The third-order valence-corrected chi connectivity index (χ3v) is 2.61. The van der Waals surface area contributed by atoms with Crippen LogP contribution >= 0.6 is 0 Å². The fourth-order valence-corrected chi connectivity index (χ4v) is 1.67. The van der Waals surface area contributed by atoms with E-state index in [1.165, 1.54) is 5.56 Å². The number of carbonyl (C=O) groups excluding carboxylic acids is 1. The average molecular weight is 199 g/mol. The van der Waals surface area contributed by atoms with Gasteiger partial charge in [-0.25, -0.2) is 0 Å². The fraction of sp³-hybridized carbons (Fsp3) is 0.154. The molecule has 0 saturated heterocycles. The van der Waals surface area contributed by atoms with Gasteiger partial charge in [-0.05, 0) is 17.7 Å². The van der Waals surface area contributed by atoms with Crippen molar-refractivity contribution in [2.24, 2.45) is 7.05 Å². The minimum atomic E-state index is 0.723. The lowest BCUT2D eigenvalue weighted by Crippen LogP contribution is -2.00. The molecule has 2 rings (SSSR count). The van der Waals surface area contributed by atoms with E-state index >= 15 is 0 Å². The molecule has 0 atom stereocenters. The van der Waals surface area contributed by atoms with E-state index in [9.17, 15) is 4.79 Å². The Balaban J connectivity index is 2.25. The maximum atomic E-state index is 10.7. The molecule has 2 heteroatoms. The van der Waals surface area contributed by atoms with Crippen molar-refractivity contribution in [1.82, 2.24) is 4.57 Å². The number of hydrogen-bond donors (Lipinski definition) is 0. The molecule has 0 bridgehead atoms. The minimum absolute atomic E-state index is 0.723. The quantitative estimate of drug-likeness (QED) is 0.696. The predicted octanol–water partition coefficient (Wildman–Crippen LogP) is 2.43. The fourth-order valence-electron chi connectivity index (χ4n) is 1.67. The van der Waals surface area contributed by atoms with Crippen LogP contribution in [0.25, 0.3) is 0 Å². The van der Waals surface area contributed by atoms with Gasteiger partial charge >= 0.3 is 0 Å². The number of aromatic nitrogens is 1. The molecule has 1 aromatic carbocycles. The van der Waals surface area contributed by atoms with Crippen molar-refractivity contribution in [2.75, 3.05) is 0 Å². The summed E-state index contributed by atoms with van der Waals surface area (Å²) in [6.45, 7) is 0. The molecule has 0 aliphatic heterocycles. The Morgan fingerprint density at radius 1 is 1.13 bits per heavy atom. The van der Waals surface area contributed by atoms with E-state index in [0.29, 0.717) is 0 Å². The molecule has 0 radical (unpaired) electrons. The Kier molecular flexibility index (Phi) is 2.68. The highest BCUT2D eigenvalue weighted by molar-refractivity contribution is 5.72. The summed E-state index contributed by atoms with van der Waals surface area (Å²) in [5.74, 6) is 0. The first-order valence-corrected chi connectivity index (χ1v) is 4.95. The van der Waals surface area contributed by atoms with E-state index in [4.69, 9.17) is 0 Å². The van der Waals surface area contributed by atoms with E-state index in [1.807, 2.05) is 41.9 Å². The highest BCUT2D eigenvalue weighted by Gasteiger charge is 2.03. The van der Waals surface area contributed by atoms with Crippen molar-refractivity contribution < 1.29 is 4.79 Å². The molecule has 15 heavy (non-hydrogen) atoms. The Morgan fingerprint density at radius 3 is 2.47 bits per heavy atom.